The summed E-state index contributed by atoms with van der Waals surface area (Å²) in [5.74, 6) is 2.02. The first-order chi connectivity index (χ1) is 11.6. The second kappa shape index (κ2) is 6.06. The number of carbonyl (C=O) groups excluding carboxylic acids is 1. The predicted octanol–water partition coefficient (Wildman–Crippen LogP) is 2.84. The van der Waals surface area contributed by atoms with E-state index < -0.39 is 0 Å². The summed E-state index contributed by atoms with van der Waals surface area (Å²) in [5.41, 5.74) is 3.01. The highest BCUT2D eigenvalue weighted by molar-refractivity contribution is 6.03. The molecule has 2 saturated carbocycles. The fourth-order valence-corrected chi connectivity index (χ4v) is 3.12. The Hall–Kier alpha value is -2.14. The summed E-state index contributed by atoms with van der Waals surface area (Å²) in [6.07, 6.45) is 4.00. The van der Waals surface area contributed by atoms with Gasteiger partial charge in [0, 0.05) is 36.3 Å². The predicted molar refractivity (Wildman–Crippen MR) is 94.2 cm³/mol. The Morgan fingerprint density at radius 2 is 2.04 bits per heavy atom. The minimum Gasteiger partial charge on any atom is -0.313 e. The molecule has 1 heterocycles. The lowest BCUT2D eigenvalue weighted by Crippen LogP contribution is -2.20. The lowest BCUT2D eigenvalue weighted by molar-refractivity contribution is 0.102. The molecule has 126 valence electrons. The minimum absolute atomic E-state index is 0.112. The van der Waals surface area contributed by atoms with E-state index in [4.69, 9.17) is 0 Å². The van der Waals surface area contributed by atoms with E-state index in [-0.39, 0.29) is 5.91 Å². The molecule has 1 aromatic carbocycles. The standard InChI is InChI=1S/C19H24N4O/c1-12-9-18(22-23(12)2)21-19(24)15-7-5-14(6-8-15)16-10-17(16)20-11-13-3-4-13/h5-9,13,16-17,20H,3-4,10-11H2,1-2H3,(H,21,22,24). The molecule has 0 aliphatic heterocycles. The van der Waals surface area contributed by atoms with Crippen LogP contribution in [0.4, 0.5) is 5.82 Å². The van der Waals surface area contributed by atoms with Gasteiger partial charge in [0.2, 0.25) is 0 Å². The third-order valence-corrected chi connectivity index (χ3v) is 5.11. The fraction of sp³-hybridized carbons (Fsp3) is 0.474. The van der Waals surface area contributed by atoms with Crippen molar-refractivity contribution in [3.8, 4) is 0 Å². The molecule has 0 saturated heterocycles. The van der Waals surface area contributed by atoms with E-state index in [9.17, 15) is 4.79 Å². The highest BCUT2D eigenvalue weighted by atomic mass is 16.1. The van der Waals surface area contributed by atoms with Crippen molar-refractivity contribution in [2.24, 2.45) is 13.0 Å². The lowest BCUT2D eigenvalue weighted by Gasteiger charge is -2.05. The van der Waals surface area contributed by atoms with Gasteiger partial charge in [0.25, 0.3) is 5.91 Å². The molecule has 0 spiro atoms. The van der Waals surface area contributed by atoms with Crippen molar-refractivity contribution >= 4 is 11.7 Å². The number of carbonyl (C=O) groups is 1. The summed E-state index contributed by atoms with van der Waals surface area (Å²) < 4.78 is 1.75. The van der Waals surface area contributed by atoms with Crippen LogP contribution < -0.4 is 10.6 Å². The Balaban J connectivity index is 1.34. The average molecular weight is 324 g/mol. The van der Waals surface area contributed by atoms with Crippen molar-refractivity contribution in [1.82, 2.24) is 15.1 Å². The van der Waals surface area contributed by atoms with Gasteiger partial charge in [-0.3, -0.25) is 9.48 Å². The van der Waals surface area contributed by atoms with Crippen molar-refractivity contribution in [1.29, 1.82) is 0 Å². The van der Waals surface area contributed by atoms with Crippen LogP contribution in [0.3, 0.4) is 0 Å². The highest BCUT2D eigenvalue weighted by Crippen LogP contribution is 2.41. The number of nitrogens with zero attached hydrogens (tertiary/aromatic N) is 2. The lowest BCUT2D eigenvalue weighted by atomic mass is 10.1. The molecular weight excluding hydrogens is 300 g/mol. The number of aryl methyl sites for hydroxylation is 2. The van der Waals surface area contributed by atoms with Gasteiger partial charge in [0.1, 0.15) is 0 Å². The molecule has 5 nitrogen and oxygen atoms in total. The molecular formula is C19H24N4O. The van der Waals surface area contributed by atoms with E-state index in [1.807, 2.05) is 32.2 Å². The number of anilines is 1. The summed E-state index contributed by atoms with van der Waals surface area (Å²) in [7, 11) is 1.86. The second-order valence-electron chi connectivity index (χ2n) is 7.17. The van der Waals surface area contributed by atoms with E-state index in [2.05, 4.69) is 27.9 Å². The maximum Gasteiger partial charge on any atom is 0.256 e. The Morgan fingerprint density at radius 3 is 2.67 bits per heavy atom. The molecule has 1 aromatic heterocycles. The molecule has 0 bridgehead atoms. The molecule has 2 atom stereocenters. The van der Waals surface area contributed by atoms with Crippen molar-refractivity contribution < 1.29 is 4.79 Å². The summed E-state index contributed by atoms with van der Waals surface area (Å²) in [4.78, 5) is 12.3. The van der Waals surface area contributed by atoms with Gasteiger partial charge in [0.05, 0.1) is 0 Å². The van der Waals surface area contributed by atoms with Gasteiger partial charge < -0.3 is 10.6 Å². The molecule has 24 heavy (non-hydrogen) atoms. The number of hydrogen-bond acceptors (Lipinski definition) is 3. The summed E-state index contributed by atoms with van der Waals surface area (Å²) in [6, 6.07) is 10.5. The Labute approximate surface area is 142 Å². The fourth-order valence-electron chi connectivity index (χ4n) is 3.12. The van der Waals surface area contributed by atoms with Crippen LogP contribution in [0, 0.1) is 12.8 Å². The van der Waals surface area contributed by atoms with Crippen LogP contribution in [0.15, 0.2) is 30.3 Å². The molecule has 5 heteroatoms. The maximum atomic E-state index is 12.3. The van der Waals surface area contributed by atoms with Crippen LogP contribution in [0.5, 0.6) is 0 Å². The molecule has 4 rings (SSSR count). The van der Waals surface area contributed by atoms with Gasteiger partial charge in [-0.1, -0.05) is 12.1 Å². The molecule has 2 aromatic rings. The zero-order valence-corrected chi connectivity index (χ0v) is 14.2. The molecule has 1 amide bonds. The SMILES string of the molecule is Cc1cc(NC(=O)c2ccc(C3CC3NCC3CC3)cc2)nn1C. The van der Waals surface area contributed by atoms with Gasteiger partial charge in [-0.05, 0) is 56.3 Å². The van der Waals surface area contributed by atoms with Gasteiger partial charge in [-0.2, -0.15) is 5.10 Å². The summed E-state index contributed by atoms with van der Waals surface area (Å²) in [6.45, 7) is 3.13. The van der Waals surface area contributed by atoms with Gasteiger partial charge in [0.15, 0.2) is 5.82 Å². The topological polar surface area (TPSA) is 59.0 Å². The van der Waals surface area contributed by atoms with Crippen LogP contribution >= 0.6 is 0 Å². The Bertz CT molecular complexity index is 726. The van der Waals surface area contributed by atoms with Gasteiger partial charge in [-0.25, -0.2) is 0 Å². The first-order valence-electron chi connectivity index (χ1n) is 8.75. The van der Waals surface area contributed by atoms with Crippen molar-refractivity contribution in [3.05, 3.63) is 47.2 Å². The van der Waals surface area contributed by atoms with Crippen molar-refractivity contribution in [2.75, 3.05) is 11.9 Å². The smallest absolute Gasteiger partial charge is 0.256 e. The minimum atomic E-state index is -0.112. The number of amides is 1. The quantitative estimate of drug-likeness (QED) is 0.859. The second-order valence-corrected chi connectivity index (χ2v) is 7.17. The van der Waals surface area contributed by atoms with E-state index >= 15 is 0 Å². The highest BCUT2D eigenvalue weighted by Gasteiger charge is 2.38. The number of rotatable bonds is 6. The number of hydrogen-bond donors (Lipinski definition) is 2. The van der Waals surface area contributed by atoms with Crippen LogP contribution in [0.1, 0.15) is 46.8 Å². The molecule has 0 radical (unpaired) electrons. The van der Waals surface area contributed by atoms with E-state index in [1.54, 1.807) is 4.68 Å². The summed E-state index contributed by atoms with van der Waals surface area (Å²) in [5, 5.41) is 10.8. The number of nitrogens with one attached hydrogen (secondary N) is 2. The summed E-state index contributed by atoms with van der Waals surface area (Å²) >= 11 is 0. The Kier molecular flexibility index (Phi) is 3.88. The van der Waals surface area contributed by atoms with E-state index in [0.29, 0.717) is 23.3 Å². The van der Waals surface area contributed by atoms with Crippen molar-refractivity contribution in [3.63, 3.8) is 0 Å². The molecule has 2 unspecified atom stereocenters. The van der Waals surface area contributed by atoms with Gasteiger partial charge >= 0.3 is 0 Å². The largest absolute Gasteiger partial charge is 0.313 e. The number of aromatic nitrogens is 2. The van der Waals surface area contributed by atoms with E-state index in [0.717, 1.165) is 11.6 Å². The normalized spacial score (nSPS) is 22.4. The molecule has 2 fully saturated rings. The zero-order valence-electron chi connectivity index (χ0n) is 14.2. The van der Waals surface area contributed by atoms with Crippen LogP contribution in [0.25, 0.3) is 0 Å². The van der Waals surface area contributed by atoms with Gasteiger partial charge in [-0.15, -0.1) is 0 Å². The average Bonchev–Trinajstić information content (AvgIpc) is 3.47. The third kappa shape index (κ3) is 3.36. The first kappa shape index (κ1) is 15.4. The molecule has 2 aliphatic carbocycles. The van der Waals surface area contributed by atoms with Crippen LogP contribution in [-0.4, -0.2) is 28.3 Å². The van der Waals surface area contributed by atoms with Crippen LogP contribution in [0.2, 0.25) is 0 Å². The maximum absolute atomic E-state index is 12.3. The Morgan fingerprint density at radius 1 is 1.29 bits per heavy atom. The van der Waals surface area contributed by atoms with Crippen molar-refractivity contribution in [2.45, 2.75) is 38.1 Å². The third-order valence-electron chi connectivity index (χ3n) is 5.11. The first-order valence-corrected chi connectivity index (χ1v) is 8.75. The van der Waals surface area contributed by atoms with Crippen LogP contribution in [-0.2, 0) is 7.05 Å². The van der Waals surface area contributed by atoms with E-state index in [1.165, 1.54) is 31.4 Å². The zero-order chi connectivity index (χ0) is 16.7. The molecule has 2 aliphatic rings. The monoisotopic (exact) mass is 324 g/mol. The number of benzene rings is 1. The molecule has 2 N–H and O–H groups in total.